The summed E-state index contributed by atoms with van der Waals surface area (Å²) in [4.78, 5) is 8.38. The van der Waals surface area contributed by atoms with Crippen molar-refractivity contribution in [2.75, 3.05) is 46.3 Å². The zero-order chi connectivity index (χ0) is 25.2. The summed E-state index contributed by atoms with van der Waals surface area (Å²) in [5, 5.41) is 1.31. The molecule has 0 atom stereocenters. The second-order valence-electron chi connectivity index (χ2n) is 10.1. The maximum atomic E-state index is 5.53. The summed E-state index contributed by atoms with van der Waals surface area (Å²) in [5.74, 6) is 2.10. The number of aromatic nitrogens is 1. The summed E-state index contributed by atoms with van der Waals surface area (Å²) in [6, 6.07) is 22.0. The van der Waals surface area contributed by atoms with Crippen LogP contribution in [0.4, 0.5) is 5.69 Å². The van der Waals surface area contributed by atoms with Crippen LogP contribution in [0.15, 0.2) is 60.7 Å². The normalized spacial score (nSPS) is 14.8. The second kappa shape index (κ2) is 10.3. The Morgan fingerprint density at radius 1 is 0.889 bits per heavy atom. The largest absolute Gasteiger partial charge is 0.493 e. The Hall–Kier alpha value is -3.44. The highest BCUT2D eigenvalue weighted by molar-refractivity contribution is 5.91. The summed E-state index contributed by atoms with van der Waals surface area (Å²) >= 11 is 0. The number of hydrogen-bond acceptors (Lipinski definition) is 4. The van der Waals surface area contributed by atoms with E-state index in [0.29, 0.717) is 5.92 Å². The minimum absolute atomic E-state index is 0.612. The van der Waals surface area contributed by atoms with Crippen LogP contribution in [0.3, 0.4) is 0 Å². The summed E-state index contributed by atoms with van der Waals surface area (Å²) in [7, 11) is 7.52. The van der Waals surface area contributed by atoms with Crippen molar-refractivity contribution in [3.05, 3.63) is 77.4 Å². The highest BCUT2D eigenvalue weighted by Crippen LogP contribution is 2.37. The summed E-state index contributed by atoms with van der Waals surface area (Å²) in [5.41, 5.74) is 8.80. The molecule has 0 amide bonds. The van der Waals surface area contributed by atoms with E-state index < -0.39 is 0 Å². The van der Waals surface area contributed by atoms with Crippen molar-refractivity contribution in [2.24, 2.45) is 0 Å². The number of aromatic amines is 1. The Labute approximate surface area is 214 Å². The first-order valence-corrected chi connectivity index (χ1v) is 12.8. The molecule has 5 nitrogen and oxygen atoms in total. The van der Waals surface area contributed by atoms with Gasteiger partial charge in [-0.05, 0) is 97.9 Å². The van der Waals surface area contributed by atoms with Crippen molar-refractivity contribution in [2.45, 2.75) is 32.2 Å². The van der Waals surface area contributed by atoms with E-state index in [1.165, 1.54) is 46.1 Å². The molecule has 4 aromatic rings. The van der Waals surface area contributed by atoms with Crippen molar-refractivity contribution >= 4 is 16.6 Å². The van der Waals surface area contributed by atoms with Crippen molar-refractivity contribution in [1.82, 2.24) is 9.88 Å². The number of fused-ring (bicyclic) bond motifs is 1. The maximum absolute atomic E-state index is 5.53. The van der Waals surface area contributed by atoms with Gasteiger partial charge >= 0.3 is 0 Å². The fourth-order valence-corrected chi connectivity index (χ4v) is 5.46. The number of nitrogens with zero attached hydrogens (tertiary/aromatic N) is 2. The third-order valence-electron chi connectivity index (χ3n) is 7.67. The van der Waals surface area contributed by atoms with Crippen LogP contribution in [0, 0.1) is 6.92 Å². The molecule has 188 valence electrons. The van der Waals surface area contributed by atoms with Crippen LogP contribution < -0.4 is 14.4 Å². The van der Waals surface area contributed by atoms with Gasteiger partial charge in [0, 0.05) is 48.5 Å². The zero-order valence-corrected chi connectivity index (χ0v) is 22.1. The molecule has 1 fully saturated rings. The van der Waals surface area contributed by atoms with E-state index in [0.717, 1.165) is 42.4 Å². The van der Waals surface area contributed by atoms with Crippen molar-refractivity contribution in [3.63, 3.8) is 0 Å². The predicted octanol–water partition coefficient (Wildman–Crippen LogP) is 6.61. The second-order valence-corrected chi connectivity index (χ2v) is 10.1. The third kappa shape index (κ3) is 4.80. The zero-order valence-electron chi connectivity index (χ0n) is 22.1. The number of rotatable bonds is 7. The molecule has 1 aromatic heterocycles. The van der Waals surface area contributed by atoms with Gasteiger partial charge in [-0.2, -0.15) is 0 Å². The Bertz CT molecular complexity index is 1330. The number of benzene rings is 3. The molecule has 3 aromatic carbocycles. The van der Waals surface area contributed by atoms with E-state index in [-0.39, 0.29) is 0 Å². The van der Waals surface area contributed by atoms with E-state index >= 15 is 0 Å². The topological polar surface area (TPSA) is 40.7 Å². The molecule has 0 unspecified atom stereocenters. The summed E-state index contributed by atoms with van der Waals surface area (Å²) < 4.78 is 10.9. The van der Waals surface area contributed by atoms with Crippen LogP contribution in [-0.2, 0) is 6.54 Å². The van der Waals surface area contributed by atoms with Crippen LogP contribution >= 0.6 is 0 Å². The van der Waals surface area contributed by atoms with Gasteiger partial charge in [-0.3, -0.25) is 4.90 Å². The number of anilines is 1. The van der Waals surface area contributed by atoms with Gasteiger partial charge in [0.1, 0.15) is 0 Å². The van der Waals surface area contributed by atoms with Crippen LogP contribution in [0.5, 0.6) is 11.5 Å². The number of hydrogen-bond donors (Lipinski definition) is 1. The van der Waals surface area contributed by atoms with Crippen LogP contribution in [0.2, 0.25) is 0 Å². The van der Waals surface area contributed by atoms with Gasteiger partial charge in [-0.1, -0.05) is 18.2 Å². The molecule has 0 radical (unpaired) electrons. The van der Waals surface area contributed by atoms with Crippen LogP contribution in [0.25, 0.3) is 22.2 Å². The molecule has 0 spiro atoms. The van der Waals surface area contributed by atoms with Crippen molar-refractivity contribution < 1.29 is 9.47 Å². The molecule has 1 aliphatic rings. The Morgan fingerprint density at radius 3 is 2.28 bits per heavy atom. The van der Waals surface area contributed by atoms with Gasteiger partial charge in [-0.25, -0.2) is 0 Å². The Kier molecular flexibility index (Phi) is 6.92. The van der Waals surface area contributed by atoms with Gasteiger partial charge in [-0.15, -0.1) is 0 Å². The highest BCUT2D eigenvalue weighted by Gasteiger charge is 2.22. The number of ether oxygens (including phenoxy) is 2. The van der Waals surface area contributed by atoms with E-state index in [4.69, 9.17) is 9.47 Å². The number of H-pyrrole nitrogens is 1. The molecule has 5 heteroatoms. The molecule has 1 N–H and O–H groups in total. The lowest BCUT2D eigenvalue weighted by Gasteiger charge is -2.32. The van der Waals surface area contributed by atoms with E-state index in [1.54, 1.807) is 14.2 Å². The maximum Gasteiger partial charge on any atom is 0.161 e. The van der Waals surface area contributed by atoms with E-state index in [1.807, 2.05) is 12.1 Å². The minimum Gasteiger partial charge on any atom is -0.493 e. The number of nitrogens with one attached hydrogen (secondary N) is 1. The fraction of sp³-hybridized carbons (Fsp3) is 0.355. The summed E-state index contributed by atoms with van der Waals surface area (Å²) in [6.07, 6.45) is 2.40. The van der Waals surface area contributed by atoms with Crippen LogP contribution in [0.1, 0.15) is 35.4 Å². The Morgan fingerprint density at radius 2 is 1.61 bits per heavy atom. The van der Waals surface area contributed by atoms with Gasteiger partial charge in [0.05, 0.1) is 14.2 Å². The van der Waals surface area contributed by atoms with Gasteiger partial charge in [0.15, 0.2) is 11.5 Å². The number of piperidine rings is 1. The van der Waals surface area contributed by atoms with Crippen LogP contribution in [-0.4, -0.2) is 51.3 Å². The number of aryl methyl sites for hydroxylation is 1. The molecule has 0 aliphatic carbocycles. The lowest BCUT2D eigenvalue weighted by Crippen LogP contribution is -2.32. The molecular formula is C31H37N3O2. The molecule has 36 heavy (non-hydrogen) atoms. The molecule has 0 saturated carbocycles. The standard InChI is InChI=1S/C31H37N3O2/c1-21-27-18-24(8-12-28(27)32-31(21)25-9-13-29(35-4)30(19-25)36-5)23-14-16-34(17-15-23)20-22-6-10-26(11-7-22)33(2)3/h6-13,18-19,23,32H,14-17,20H2,1-5H3. The predicted molar refractivity (Wildman–Crippen MR) is 150 cm³/mol. The minimum atomic E-state index is 0.612. The van der Waals surface area contributed by atoms with Crippen molar-refractivity contribution in [3.8, 4) is 22.8 Å². The van der Waals surface area contributed by atoms with Gasteiger partial charge in [0.2, 0.25) is 0 Å². The average molecular weight is 484 g/mol. The lowest BCUT2D eigenvalue weighted by atomic mass is 9.88. The first kappa shape index (κ1) is 24.3. The molecule has 0 bridgehead atoms. The monoisotopic (exact) mass is 483 g/mol. The fourth-order valence-electron chi connectivity index (χ4n) is 5.46. The van der Waals surface area contributed by atoms with Gasteiger partial charge in [0.25, 0.3) is 0 Å². The first-order chi connectivity index (χ1) is 17.5. The molecule has 1 aliphatic heterocycles. The average Bonchev–Trinajstić information content (AvgIpc) is 3.24. The quantitative estimate of drug-likeness (QED) is 0.321. The number of methoxy groups -OCH3 is 2. The smallest absolute Gasteiger partial charge is 0.161 e. The summed E-state index contributed by atoms with van der Waals surface area (Å²) in [6.45, 7) is 5.52. The highest BCUT2D eigenvalue weighted by atomic mass is 16.5. The van der Waals surface area contributed by atoms with Crippen molar-refractivity contribution in [1.29, 1.82) is 0 Å². The molecule has 2 heterocycles. The first-order valence-electron chi connectivity index (χ1n) is 12.8. The molecular weight excluding hydrogens is 446 g/mol. The van der Waals surface area contributed by atoms with E-state index in [9.17, 15) is 0 Å². The Balaban J connectivity index is 1.29. The lowest BCUT2D eigenvalue weighted by molar-refractivity contribution is 0.204. The van der Waals surface area contributed by atoms with Gasteiger partial charge < -0.3 is 19.4 Å². The molecule has 1 saturated heterocycles. The molecule has 5 rings (SSSR count). The van der Waals surface area contributed by atoms with E-state index in [2.05, 4.69) is 84.3 Å². The SMILES string of the molecule is COc1ccc(-c2[nH]c3ccc(C4CCN(Cc5ccc(N(C)C)cc5)CC4)cc3c2C)cc1OC. The third-order valence-corrected chi connectivity index (χ3v) is 7.67. The number of likely N-dealkylation sites (tertiary alicyclic amines) is 1.